The van der Waals surface area contributed by atoms with Crippen LogP contribution in [0.4, 0.5) is 0 Å². The molecule has 45 heavy (non-hydrogen) atoms. The van der Waals surface area contributed by atoms with Gasteiger partial charge in [-0.05, 0) is 69.8 Å². The smallest absolute Gasteiger partial charge is 0.200 e. The molecule has 0 aliphatic carbocycles. The van der Waals surface area contributed by atoms with E-state index in [1.165, 1.54) is 0 Å². The van der Waals surface area contributed by atoms with Gasteiger partial charge in [-0.2, -0.15) is 0 Å². The molecule has 3 nitrogen and oxygen atoms in total. The normalized spacial score (nSPS) is 11.2. The Morgan fingerprint density at radius 1 is 0.378 bits per heavy atom. The Kier molecular flexibility index (Phi) is 6.62. The van der Waals surface area contributed by atoms with Crippen molar-refractivity contribution in [3.63, 3.8) is 0 Å². The van der Waals surface area contributed by atoms with Crippen molar-refractivity contribution < 1.29 is 4.42 Å². The second-order valence-electron chi connectivity index (χ2n) is 11.1. The minimum absolute atomic E-state index is 0.0126. The standard InChI is InChI=1S/C42H27NO2/c44-42-36-17-9-10-18-40(36)45-41-24-23-32(25-37(41)42)28-19-21-29(22-20-28)34-15-7-8-16-35(34)33-26-38(30-11-3-1-4-12-30)43-39(27-33)31-13-5-2-6-14-31/h1-27H. The minimum Gasteiger partial charge on any atom is -0.456 e. The SMILES string of the molecule is O=c1c2ccccc2oc2ccc(-c3ccc(-c4ccccc4-c4cc(-c5ccccc5)nc(-c5ccccc5)c4)cc3)cc12. The summed E-state index contributed by atoms with van der Waals surface area (Å²) in [4.78, 5) is 18.3. The summed E-state index contributed by atoms with van der Waals surface area (Å²) in [5.41, 5.74) is 11.7. The monoisotopic (exact) mass is 577 g/mol. The Labute approximate surface area is 260 Å². The van der Waals surface area contributed by atoms with E-state index < -0.39 is 0 Å². The van der Waals surface area contributed by atoms with E-state index in [0.717, 1.165) is 55.9 Å². The minimum atomic E-state index is -0.0126. The maximum Gasteiger partial charge on any atom is 0.200 e. The highest BCUT2D eigenvalue weighted by molar-refractivity contribution is 5.92. The van der Waals surface area contributed by atoms with Crippen LogP contribution in [0.3, 0.4) is 0 Å². The van der Waals surface area contributed by atoms with Gasteiger partial charge in [0.1, 0.15) is 11.2 Å². The highest BCUT2D eigenvalue weighted by atomic mass is 16.3. The molecular formula is C42H27NO2. The number of nitrogens with zero attached hydrogens (tertiary/aromatic N) is 1. The Morgan fingerprint density at radius 2 is 0.889 bits per heavy atom. The molecule has 0 bridgehead atoms. The molecule has 0 atom stereocenters. The molecular weight excluding hydrogens is 550 g/mol. The van der Waals surface area contributed by atoms with Crippen LogP contribution in [0.5, 0.6) is 0 Å². The molecule has 0 aliphatic heterocycles. The van der Waals surface area contributed by atoms with Crippen LogP contribution in [0, 0.1) is 0 Å². The molecule has 0 spiro atoms. The molecule has 0 saturated carbocycles. The van der Waals surface area contributed by atoms with E-state index in [-0.39, 0.29) is 5.43 Å². The van der Waals surface area contributed by atoms with Gasteiger partial charge in [-0.1, -0.05) is 127 Å². The largest absolute Gasteiger partial charge is 0.456 e. The van der Waals surface area contributed by atoms with Crippen molar-refractivity contribution in [1.29, 1.82) is 0 Å². The first-order valence-electron chi connectivity index (χ1n) is 15.0. The number of para-hydroxylation sites is 1. The van der Waals surface area contributed by atoms with Crippen LogP contribution in [0.15, 0.2) is 173 Å². The first-order chi connectivity index (χ1) is 22.2. The van der Waals surface area contributed by atoms with Crippen LogP contribution < -0.4 is 5.43 Å². The highest BCUT2D eigenvalue weighted by Crippen LogP contribution is 2.37. The Balaban J connectivity index is 1.20. The number of aromatic nitrogens is 1. The summed E-state index contributed by atoms with van der Waals surface area (Å²) in [5.74, 6) is 0. The van der Waals surface area contributed by atoms with E-state index in [2.05, 4.69) is 84.9 Å². The van der Waals surface area contributed by atoms with Crippen molar-refractivity contribution in [2.24, 2.45) is 0 Å². The van der Waals surface area contributed by atoms with E-state index in [9.17, 15) is 4.79 Å². The van der Waals surface area contributed by atoms with Gasteiger partial charge in [-0.15, -0.1) is 0 Å². The lowest BCUT2D eigenvalue weighted by Gasteiger charge is -2.14. The molecule has 8 rings (SSSR count). The van der Waals surface area contributed by atoms with Gasteiger partial charge in [-0.3, -0.25) is 4.79 Å². The number of fused-ring (bicyclic) bond motifs is 2. The summed E-state index contributed by atoms with van der Waals surface area (Å²) in [6, 6.07) is 55.3. The van der Waals surface area contributed by atoms with E-state index >= 15 is 0 Å². The number of benzene rings is 6. The number of rotatable bonds is 5. The van der Waals surface area contributed by atoms with E-state index in [1.54, 1.807) is 0 Å². The van der Waals surface area contributed by atoms with Gasteiger partial charge >= 0.3 is 0 Å². The number of hydrogen-bond donors (Lipinski definition) is 0. The maximum absolute atomic E-state index is 13.2. The number of hydrogen-bond acceptors (Lipinski definition) is 3. The molecule has 0 fully saturated rings. The van der Waals surface area contributed by atoms with Gasteiger partial charge in [0.25, 0.3) is 0 Å². The molecule has 2 aromatic heterocycles. The Bertz CT molecular complexity index is 2320. The molecule has 3 heteroatoms. The van der Waals surface area contributed by atoms with E-state index in [1.807, 2.05) is 78.9 Å². The van der Waals surface area contributed by atoms with Crippen molar-refractivity contribution in [3.05, 3.63) is 174 Å². The molecule has 0 radical (unpaired) electrons. The van der Waals surface area contributed by atoms with Gasteiger partial charge in [0.15, 0.2) is 0 Å². The van der Waals surface area contributed by atoms with Crippen molar-refractivity contribution in [3.8, 4) is 55.9 Å². The van der Waals surface area contributed by atoms with Crippen molar-refractivity contribution >= 4 is 21.9 Å². The van der Waals surface area contributed by atoms with Crippen LogP contribution in [-0.4, -0.2) is 4.98 Å². The lowest BCUT2D eigenvalue weighted by Crippen LogP contribution is -2.01. The summed E-state index contributed by atoms with van der Waals surface area (Å²) in [6.45, 7) is 0. The average Bonchev–Trinajstić information content (AvgIpc) is 3.12. The summed E-state index contributed by atoms with van der Waals surface area (Å²) in [7, 11) is 0. The molecule has 0 saturated heterocycles. The topological polar surface area (TPSA) is 43.1 Å². The molecule has 2 heterocycles. The van der Waals surface area contributed by atoms with Crippen molar-refractivity contribution in [2.45, 2.75) is 0 Å². The molecule has 0 N–H and O–H groups in total. The predicted molar refractivity (Wildman–Crippen MR) is 185 cm³/mol. The van der Waals surface area contributed by atoms with Crippen molar-refractivity contribution in [1.82, 2.24) is 4.98 Å². The predicted octanol–water partition coefficient (Wildman–Crippen LogP) is 10.7. The second-order valence-corrected chi connectivity index (χ2v) is 11.1. The lowest BCUT2D eigenvalue weighted by atomic mass is 9.92. The fraction of sp³-hybridized carbons (Fsp3) is 0. The fourth-order valence-corrected chi connectivity index (χ4v) is 6.01. The third-order valence-electron chi connectivity index (χ3n) is 8.31. The first-order valence-corrected chi connectivity index (χ1v) is 15.0. The molecule has 8 aromatic rings. The summed E-state index contributed by atoms with van der Waals surface area (Å²) >= 11 is 0. The number of pyridine rings is 1. The third-order valence-corrected chi connectivity index (χ3v) is 8.31. The molecule has 0 amide bonds. The van der Waals surface area contributed by atoms with Crippen LogP contribution in [0.2, 0.25) is 0 Å². The molecule has 6 aromatic carbocycles. The summed E-state index contributed by atoms with van der Waals surface area (Å²) in [5, 5.41) is 1.18. The van der Waals surface area contributed by atoms with Gasteiger partial charge < -0.3 is 4.42 Å². The maximum atomic E-state index is 13.2. The first kappa shape index (κ1) is 26.6. The third kappa shape index (κ3) is 5.01. The van der Waals surface area contributed by atoms with Gasteiger partial charge in [0.05, 0.1) is 22.2 Å². The van der Waals surface area contributed by atoms with E-state index in [0.29, 0.717) is 21.9 Å². The summed E-state index contributed by atoms with van der Waals surface area (Å²) < 4.78 is 6.02. The lowest BCUT2D eigenvalue weighted by molar-refractivity contribution is 0.660. The zero-order valence-corrected chi connectivity index (χ0v) is 24.4. The molecule has 0 unspecified atom stereocenters. The highest BCUT2D eigenvalue weighted by Gasteiger charge is 2.14. The van der Waals surface area contributed by atoms with Crippen LogP contribution >= 0.6 is 0 Å². The van der Waals surface area contributed by atoms with Gasteiger partial charge in [-0.25, -0.2) is 4.98 Å². The van der Waals surface area contributed by atoms with Gasteiger partial charge in [0.2, 0.25) is 5.43 Å². The molecule has 212 valence electrons. The zero-order chi connectivity index (χ0) is 30.2. The molecule has 0 aliphatic rings. The zero-order valence-electron chi connectivity index (χ0n) is 24.4. The van der Waals surface area contributed by atoms with E-state index in [4.69, 9.17) is 9.40 Å². The average molecular weight is 578 g/mol. The van der Waals surface area contributed by atoms with Crippen molar-refractivity contribution in [2.75, 3.05) is 0 Å². The van der Waals surface area contributed by atoms with Crippen LogP contribution in [-0.2, 0) is 0 Å². The Hall–Kier alpha value is -6.06. The van der Waals surface area contributed by atoms with Crippen LogP contribution in [0.1, 0.15) is 0 Å². The van der Waals surface area contributed by atoms with Gasteiger partial charge in [0, 0.05) is 11.1 Å². The van der Waals surface area contributed by atoms with Crippen LogP contribution in [0.25, 0.3) is 77.8 Å². The second kappa shape index (κ2) is 11.2. The quantitative estimate of drug-likeness (QED) is 0.191. The summed E-state index contributed by atoms with van der Waals surface area (Å²) in [6.07, 6.45) is 0. The fourth-order valence-electron chi connectivity index (χ4n) is 6.01. The Morgan fingerprint density at radius 3 is 1.56 bits per heavy atom.